The van der Waals surface area contributed by atoms with Gasteiger partial charge in [-0.3, -0.25) is 4.79 Å². The number of nitrogens with zero attached hydrogens (tertiary/aromatic N) is 4. The van der Waals surface area contributed by atoms with Crippen molar-refractivity contribution >= 4 is 11.6 Å². The second kappa shape index (κ2) is 5.68. The zero-order valence-electron chi connectivity index (χ0n) is 11.1. The summed E-state index contributed by atoms with van der Waals surface area (Å²) in [4.78, 5) is 12.1. The van der Waals surface area contributed by atoms with Gasteiger partial charge < -0.3 is 5.32 Å². The van der Waals surface area contributed by atoms with Crippen LogP contribution in [0.4, 0.5) is 14.5 Å². The van der Waals surface area contributed by atoms with Crippen LogP contribution in [0.2, 0.25) is 0 Å². The van der Waals surface area contributed by atoms with E-state index in [1.165, 1.54) is 11.0 Å². The molecule has 0 atom stereocenters. The van der Waals surface area contributed by atoms with E-state index in [0.717, 1.165) is 12.1 Å². The molecule has 0 aliphatic heterocycles. The van der Waals surface area contributed by atoms with Gasteiger partial charge in [-0.15, -0.1) is 5.10 Å². The highest BCUT2D eigenvalue weighted by molar-refractivity contribution is 6.04. The number of anilines is 1. The number of carbonyl (C=O) groups excluding carboxylic acids is 1. The predicted molar refractivity (Wildman–Crippen MR) is 73.5 cm³/mol. The average molecular weight is 301 g/mol. The summed E-state index contributed by atoms with van der Waals surface area (Å²) in [5, 5.41) is 13.1. The first kappa shape index (κ1) is 13.8. The molecule has 0 bridgehead atoms. The van der Waals surface area contributed by atoms with Crippen molar-refractivity contribution in [1.82, 2.24) is 20.2 Å². The highest BCUT2D eigenvalue weighted by Crippen LogP contribution is 2.17. The molecule has 1 N–H and O–H groups in total. The normalized spacial score (nSPS) is 10.5. The first-order valence-corrected chi connectivity index (χ1v) is 6.23. The van der Waals surface area contributed by atoms with Crippen LogP contribution in [-0.4, -0.2) is 26.1 Å². The topological polar surface area (TPSA) is 72.7 Å². The molecule has 2 aromatic carbocycles. The van der Waals surface area contributed by atoms with Crippen LogP contribution in [0.25, 0.3) is 5.69 Å². The Kier molecular flexibility index (Phi) is 3.57. The Balaban J connectivity index is 1.85. The van der Waals surface area contributed by atoms with Gasteiger partial charge in [0.1, 0.15) is 18.0 Å². The van der Waals surface area contributed by atoms with Crippen LogP contribution in [-0.2, 0) is 0 Å². The minimum absolute atomic E-state index is 0.0979. The van der Waals surface area contributed by atoms with E-state index >= 15 is 0 Å². The lowest BCUT2D eigenvalue weighted by molar-refractivity contribution is 0.102. The van der Waals surface area contributed by atoms with Gasteiger partial charge in [0.15, 0.2) is 0 Å². The van der Waals surface area contributed by atoms with Crippen molar-refractivity contribution in [2.45, 2.75) is 0 Å². The smallest absolute Gasteiger partial charge is 0.255 e. The quantitative estimate of drug-likeness (QED) is 0.805. The van der Waals surface area contributed by atoms with Gasteiger partial charge in [-0.25, -0.2) is 13.5 Å². The molecular weight excluding hydrogens is 292 g/mol. The van der Waals surface area contributed by atoms with Crippen LogP contribution in [0.1, 0.15) is 10.4 Å². The number of rotatable bonds is 3. The molecule has 0 radical (unpaired) electrons. The molecule has 110 valence electrons. The zero-order valence-corrected chi connectivity index (χ0v) is 11.1. The van der Waals surface area contributed by atoms with Gasteiger partial charge in [-0.1, -0.05) is 6.07 Å². The van der Waals surface area contributed by atoms with E-state index in [4.69, 9.17) is 0 Å². The predicted octanol–water partition coefficient (Wildman–Crippen LogP) is 2.19. The molecule has 1 heterocycles. The number of hydrogen-bond donors (Lipinski definition) is 1. The van der Waals surface area contributed by atoms with E-state index in [1.807, 2.05) is 0 Å². The van der Waals surface area contributed by atoms with E-state index in [2.05, 4.69) is 20.8 Å². The Hall–Kier alpha value is -3.16. The Morgan fingerprint density at radius 1 is 1.14 bits per heavy atom. The molecule has 0 saturated carbocycles. The Morgan fingerprint density at radius 2 is 2.00 bits per heavy atom. The minimum atomic E-state index is -0.843. The Morgan fingerprint density at radius 3 is 2.73 bits per heavy atom. The second-order valence-electron chi connectivity index (χ2n) is 4.38. The van der Waals surface area contributed by atoms with Crippen molar-refractivity contribution in [1.29, 1.82) is 0 Å². The molecule has 8 heteroatoms. The molecule has 6 nitrogen and oxygen atoms in total. The molecule has 0 fully saturated rings. The van der Waals surface area contributed by atoms with Crippen LogP contribution in [0.5, 0.6) is 0 Å². The molecule has 22 heavy (non-hydrogen) atoms. The molecule has 0 saturated heterocycles. The maximum absolute atomic E-state index is 13.5. The van der Waals surface area contributed by atoms with E-state index < -0.39 is 17.5 Å². The molecule has 0 aliphatic carbocycles. The lowest BCUT2D eigenvalue weighted by Crippen LogP contribution is -2.13. The van der Waals surface area contributed by atoms with Gasteiger partial charge in [-0.2, -0.15) is 0 Å². The van der Waals surface area contributed by atoms with Crippen LogP contribution in [0.15, 0.2) is 48.8 Å². The molecule has 0 spiro atoms. The summed E-state index contributed by atoms with van der Waals surface area (Å²) in [5.74, 6) is -2.08. The van der Waals surface area contributed by atoms with Crippen molar-refractivity contribution in [3.63, 3.8) is 0 Å². The average Bonchev–Trinajstić information content (AvgIpc) is 3.04. The largest absolute Gasteiger partial charge is 0.319 e. The molecule has 3 rings (SSSR count). The first-order chi connectivity index (χ1) is 10.6. The third-order valence-electron chi connectivity index (χ3n) is 2.90. The van der Waals surface area contributed by atoms with E-state index in [1.54, 1.807) is 24.3 Å². The highest BCUT2D eigenvalue weighted by atomic mass is 19.1. The van der Waals surface area contributed by atoms with Gasteiger partial charge in [0.2, 0.25) is 0 Å². The Labute approximate surface area is 123 Å². The number of tetrazole rings is 1. The molecular formula is C14H9F2N5O. The van der Waals surface area contributed by atoms with E-state index in [-0.39, 0.29) is 11.3 Å². The number of halogens is 2. The van der Waals surface area contributed by atoms with Crippen LogP contribution in [0.3, 0.4) is 0 Å². The van der Waals surface area contributed by atoms with Crippen molar-refractivity contribution in [2.24, 2.45) is 0 Å². The number of amides is 1. The minimum Gasteiger partial charge on any atom is -0.319 e. The summed E-state index contributed by atoms with van der Waals surface area (Å²) in [6.45, 7) is 0. The van der Waals surface area contributed by atoms with Gasteiger partial charge in [0.25, 0.3) is 5.91 Å². The number of aromatic nitrogens is 4. The number of benzene rings is 2. The standard InChI is InChI=1S/C14H9F2N5O/c15-10-4-5-13(12(16)7-10)18-14(22)9-2-1-3-11(6-9)21-8-17-19-20-21/h1-8H,(H,18,22). The fourth-order valence-electron chi connectivity index (χ4n) is 1.85. The van der Waals surface area contributed by atoms with Crippen LogP contribution in [0, 0.1) is 11.6 Å². The van der Waals surface area contributed by atoms with E-state index in [0.29, 0.717) is 11.8 Å². The summed E-state index contributed by atoms with van der Waals surface area (Å²) in [6, 6.07) is 9.40. The molecule has 1 aromatic heterocycles. The van der Waals surface area contributed by atoms with Gasteiger partial charge in [0.05, 0.1) is 11.4 Å². The van der Waals surface area contributed by atoms with Crippen molar-refractivity contribution in [3.8, 4) is 5.69 Å². The first-order valence-electron chi connectivity index (χ1n) is 6.23. The van der Waals surface area contributed by atoms with Crippen molar-refractivity contribution in [3.05, 3.63) is 66.0 Å². The molecule has 0 unspecified atom stereocenters. The summed E-state index contributed by atoms with van der Waals surface area (Å²) < 4.78 is 27.8. The highest BCUT2D eigenvalue weighted by Gasteiger charge is 2.11. The monoisotopic (exact) mass is 301 g/mol. The SMILES string of the molecule is O=C(Nc1ccc(F)cc1F)c1cccc(-n2cnnn2)c1. The van der Waals surface area contributed by atoms with Crippen molar-refractivity contribution in [2.75, 3.05) is 5.32 Å². The molecule has 1 amide bonds. The summed E-state index contributed by atoms with van der Waals surface area (Å²) in [5.41, 5.74) is 0.771. The fraction of sp³-hybridized carbons (Fsp3) is 0. The molecule has 3 aromatic rings. The molecule has 0 aliphatic rings. The third kappa shape index (κ3) is 2.80. The Bertz CT molecular complexity index is 820. The summed E-state index contributed by atoms with van der Waals surface area (Å²) in [6.07, 6.45) is 1.39. The number of nitrogens with one attached hydrogen (secondary N) is 1. The third-order valence-corrected chi connectivity index (χ3v) is 2.90. The lowest BCUT2D eigenvalue weighted by atomic mass is 10.2. The number of carbonyl (C=O) groups is 1. The zero-order chi connectivity index (χ0) is 15.5. The summed E-state index contributed by atoms with van der Waals surface area (Å²) in [7, 11) is 0. The summed E-state index contributed by atoms with van der Waals surface area (Å²) >= 11 is 0. The van der Waals surface area contributed by atoms with E-state index in [9.17, 15) is 13.6 Å². The fourth-order valence-corrected chi connectivity index (χ4v) is 1.85. The van der Waals surface area contributed by atoms with Gasteiger partial charge in [-0.05, 0) is 40.8 Å². The maximum atomic E-state index is 13.5. The lowest BCUT2D eigenvalue weighted by Gasteiger charge is -2.07. The van der Waals surface area contributed by atoms with Gasteiger partial charge >= 0.3 is 0 Å². The van der Waals surface area contributed by atoms with Crippen LogP contribution >= 0.6 is 0 Å². The van der Waals surface area contributed by atoms with Crippen LogP contribution < -0.4 is 5.32 Å². The second-order valence-corrected chi connectivity index (χ2v) is 4.38. The van der Waals surface area contributed by atoms with Gasteiger partial charge in [0, 0.05) is 11.6 Å². The van der Waals surface area contributed by atoms with Crippen molar-refractivity contribution < 1.29 is 13.6 Å². The number of hydrogen-bond acceptors (Lipinski definition) is 4. The maximum Gasteiger partial charge on any atom is 0.255 e.